The number of rotatable bonds is 10. The number of hydrogen-bond donors (Lipinski definition) is 2. The fourth-order valence-corrected chi connectivity index (χ4v) is 4.03. The number of amides is 1. The molecule has 0 saturated heterocycles. The van der Waals surface area contributed by atoms with E-state index in [9.17, 15) is 4.79 Å². The number of carbonyl (C=O) groups is 1. The van der Waals surface area contributed by atoms with Crippen molar-refractivity contribution in [3.05, 3.63) is 73.1 Å². The van der Waals surface area contributed by atoms with Gasteiger partial charge in [-0.15, -0.1) is 0 Å². The van der Waals surface area contributed by atoms with Gasteiger partial charge in [0, 0.05) is 44.2 Å². The number of benzene rings is 2. The number of anilines is 4. The molecule has 0 bridgehead atoms. The third-order valence-electron chi connectivity index (χ3n) is 6.07. The number of fused-ring (bicyclic) bond motifs is 1. The maximum atomic E-state index is 12.2. The van der Waals surface area contributed by atoms with Crippen LogP contribution in [0.5, 0.6) is 5.75 Å². The van der Waals surface area contributed by atoms with Gasteiger partial charge in [-0.2, -0.15) is 4.98 Å². The van der Waals surface area contributed by atoms with Crippen molar-refractivity contribution in [2.75, 3.05) is 56.9 Å². The van der Waals surface area contributed by atoms with Crippen molar-refractivity contribution in [1.29, 1.82) is 0 Å². The van der Waals surface area contributed by atoms with Gasteiger partial charge in [0.1, 0.15) is 11.6 Å². The zero-order valence-corrected chi connectivity index (χ0v) is 21.9. The molecule has 4 aromatic rings. The Morgan fingerprint density at radius 1 is 1.14 bits per heavy atom. The van der Waals surface area contributed by atoms with E-state index in [0.717, 1.165) is 41.1 Å². The van der Waals surface area contributed by atoms with Crippen LogP contribution in [0.2, 0.25) is 0 Å². The van der Waals surface area contributed by atoms with Crippen LogP contribution in [0, 0.1) is 6.92 Å². The van der Waals surface area contributed by atoms with Crippen LogP contribution in [0.3, 0.4) is 0 Å². The fraction of sp³-hybridized carbons (Fsp3) is 0.250. The highest BCUT2D eigenvalue weighted by Gasteiger charge is 2.17. The third kappa shape index (κ3) is 5.73. The molecule has 0 saturated carbocycles. The predicted octanol–water partition coefficient (Wildman–Crippen LogP) is 4.60. The standard InChI is InChI=1S/C28H33N7O2/c1-7-26(36)30-21-16-22(25(37-6)17-24(21)34(5)15-14-33(3)4)31-28-29-18-19(2)27(32-28)35-13-12-20-10-8-9-11-23(20)35/h7-13,16-18H,1,14-15H2,2-6H3,(H,30,36)(H,29,31,32). The summed E-state index contributed by atoms with van der Waals surface area (Å²) in [4.78, 5) is 25.7. The molecule has 37 heavy (non-hydrogen) atoms. The molecule has 0 aliphatic heterocycles. The van der Waals surface area contributed by atoms with E-state index in [4.69, 9.17) is 9.72 Å². The van der Waals surface area contributed by atoms with Crippen molar-refractivity contribution >= 4 is 39.8 Å². The molecule has 2 heterocycles. The number of aryl methyl sites for hydroxylation is 1. The molecule has 2 aromatic heterocycles. The van der Waals surface area contributed by atoms with Crippen molar-refractivity contribution in [3.8, 4) is 11.6 Å². The normalized spacial score (nSPS) is 11.0. The van der Waals surface area contributed by atoms with Crippen molar-refractivity contribution in [1.82, 2.24) is 19.4 Å². The Balaban J connectivity index is 1.72. The quantitative estimate of drug-likeness (QED) is 0.308. The third-order valence-corrected chi connectivity index (χ3v) is 6.07. The topological polar surface area (TPSA) is 87.5 Å². The van der Waals surface area contributed by atoms with Crippen LogP contribution in [-0.2, 0) is 4.79 Å². The number of hydrogen-bond acceptors (Lipinski definition) is 7. The maximum absolute atomic E-state index is 12.2. The lowest BCUT2D eigenvalue weighted by Crippen LogP contribution is -2.29. The van der Waals surface area contributed by atoms with E-state index in [0.29, 0.717) is 23.1 Å². The average molecular weight is 500 g/mol. The number of nitrogens with one attached hydrogen (secondary N) is 2. The van der Waals surface area contributed by atoms with Gasteiger partial charge < -0.3 is 29.7 Å². The van der Waals surface area contributed by atoms with E-state index in [2.05, 4.69) is 50.2 Å². The largest absolute Gasteiger partial charge is 0.494 e. The smallest absolute Gasteiger partial charge is 0.247 e. The van der Waals surface area contributed by atoms with Gasteiger partial charge in [0.25, 0.3) is 0 Å². The molecule has 2 N–H and O–H groups in total. The van der Waals surface area contributed by atoms with E-state index in [1.54, 1.807) is 13.3 Å². The Kier molecular flexibility index (Phi) is 7.74. The van der Waals surface area contributed by atoms with Gasteiger partial charge in [-0.05, 0) is 50.7 Å². The van der Waals surface area contributed by atoms with Crippen molar-refractivity contribution < 1.29 is 9.53 Å². The van der Waals surface area contributed by atoms with Gasteiger partial charge in [-0.25, -0.2) is 4.98 Å². The second-order valence-corrected chi connectivity index (χ2v) is 9.06. The average Bonchev–Trinajstić information content (AvgIpc) is 3.32. The molecule has 2 aromatic carbocycles. The van der Waals surface area contributed by atoms with Crippen LogP contribution in [0.1, 0.15) is 5.56 Å². The molecule has 0 aliphatic rings. The molecule has 0 atom stereocenters. The highest BCUT2D eigenvalue weighted by molar-refractivity contribution is 6.02. The SMILES string of the molecule is C=CC(=O)Nc1cc(Nc2ncc(C)c(-n3ccc4ccccc43)n2)c(OC)cc1N(C)CCN(C)C. The zero-order chi connectivity index (χ0) is 26.5. The molecule has 0 spiro atoms. The minimum atomic E-state index is -0.299. The molecule has 9 heteroatoms. The summed E-state index contributed by atoms with van der Waals surface area (Å²) < 4.78 is 7.76. The first-order chi connectivity index (χ1) is 17.8. The summed E-state index contributed by atoms with van der Waals surface area (Å²) in [6.45, 7) is 7.17. The first-order valence-electron chi connectivity index (χ1n) is 12.0. The lowest BCUT2D eigenvalue weighted by Gasteiger charge is -2.26. The number of carbonyl (C=O) groups excluding carboxylic acids is 1. The maximum Gasteiger partial charge on any atom is 0.247 e. The molecular formula is C28H33N7O2. The van der Waals surface area contributed by atoms with E-state index in [-0.39, 0.29) is 5.91 Å². The first-order valence-corrected chi connectivity index (χ1v) is 12.0. The molecule has 0 aliphatic carbocycles. The summed E-state index contributed by atoms with van der Waals surface area (Å²) >= 11 is 0. The summed E-state index contributed by atoms with van der Waals surface area (Å²) in [5.41, 5.74) is 4.07. The summed E-state index contributed by atoms with van der Waals surface area (Å²) in [5.74, 6) is 1.48. The van der Waals surface area contributed by atoms with Crippen LogP contribution in [0.25, 0.3) is 16.7 Å². The van der Waals surface area contributed by atoms with Crippen molar-refractivity contribution in [3.63, 3.8) is 0 Å². The number of para-hydroxylation sites is 1. The number of methoxy groups -OCH3 is 1. The summed E-state index contributed by atoms with van der Waals surface area (Å²) in [5, 5.41) is 7.33. The molecule has 192 valence electrons. The van der Waals surface area contributed by atoms with Crippen molar-refractivity contribution in [2.45, 2.75) is 6.92 Å². The van der Waals surface area contributed by atoms with Crippen LogP contribution in [0.15, 0.2) is 67.5 Å². The number of aromatic nitrogens is 3. The monoisotopic (exact) mass is 499 g/mol. The molecule has 4 rings (SSSR count). The van der Waals surface area contributed by atoms with E-state index >= 15 is 0 Å². The fourth-order valence-electron chi connectivity index (χ4n) is 4.03. The summed E-state index contributed by atoms with van der Waals surface area (Å²) in [6.07, 6.45) is 5.04. The van der Waals surface area contributed by atoms with Gasteiger partial charge in [0.2, 0.25) is 11.9 Å². The Morgan fingerprint density at radius 2 is 1.92 bits per heavy atom. The number of ether oxygens (including phenoxy) is 1. The van der Waals surface area contributed by atoms with Gasteiger partial charge >= 0.3 is 0 Å². The number of likely N-dealkylation sites (N-methyl/N-ethyl adjacent to an activating group) is 2. The highest BCUT2D eigenvalue weighted by Crippen LogP contribution is 2.38. The molecule has 0 fully saturated rings. The van der Waals surface area contributed by atoms with E-state index in [1.165, 1.54) is 6.08 Å². The second-order valence-electron chi connectivity index (χ2n) is 9.06. The van der Waals surface area contributed by atoms with Gasteiger partial charge in [0.15, 0.2) is 0 Å². The van der Waals surface area contributed by atoms with Crippen LogP contribution >= 0.6 is 0 Å². The van der Waals surface area contributed by atoms with Crippen LogP contribution < -0.4 is 20.3 Å². The van der Waals surface area contributed by atoms with Crippen LogP contribution in [0.4, 0.5) is 23.0 Å². The Bertz CT molecular complexity index is 1430. The minimum absolute atomic E-state index is 0.299. The number of nitrogens with zero attached hydrogens (tertiary/aromatic N) is 5. The molecule has 0 radical (unpaired) electrons. The predicted molar refractivity (Wildman–Crippen MR) is 151 cm³/mol. The van der Waals surface area contributed by atoms with Gasteiger partial charge in [-0.3, -0.25) is 4.79 Å². The summed E-state index contributed by atoms with van der Waals surface area (Å²) in [7, 11) is 7.63. The van der Waals surface area contributed by atoms with Gasteiger partial charge in [-0.1, -0.05) is 24.8 Å². The molecule has 1 amide bonds. The van der Waals surface area contributed by atoms with Gasteiger partial charge in [0.05, 0.1) is 29.7 Å². The zero-order valence-electron chi connectivity index (χ0n) is 21.9. The minimum Gasteiger partial charge on any atom is -0.494 e. The highest BCUT2D eigenvalue weighted by atomic mass is 16.5. The Labute approximate surface area is 217 Å². The van der Waals surface area contributed by atoms with E-state index < -0.39 is 0 Å². The Morgan fingerprint density at radius 3 is 2.65 bits per heavy atom. The molecule has 0 unspecified atom stereocenters. The van der Waals surface area contributed by atoms with E-state index in [1.807, 2.05) is 63.1 Å². The lowest BCUT2D eigenvalue weighted by molar-refractivity contribution is -0.111. The Hall–Kier alpha value is -4.37. The van der Waals surface area contributed by atoms with Crippen LogP contribution in [-0.4, -0.2) is 66.7 Å². The first kappa shape index (κ1) is 25.7. The lowest BCUT2D eigenvalue weighted by atomic mass is 10.2. The molecule has 9 nitrogen and oxygen atoms in total. The van der Waals surface area contributed by atoms with Crippen molar-refractivity contribution in [2.24, 2.45) is 0 Å². The molecular weight excluding hydrogens is 466 g/mol. The second kappa shape index (κ2) is 11.1. The summed E-state index contributed by atoms with van der Waals surface area (Å²) in [6, 6.07) is 13.9.